The number of piperidine rings is 1. The Kier molecular flexibility index (Phi) is 2.99. The van der Waals surface area contributed by atoms with Crippen molar-refractivity contribution in [3.05, 3.63) is 30.1 Å². The molecule has 0 saturated carbocycles. The molecule has 1 aromatic rings. The van der Waals surface area contributed by atoms with Crippen LogP contribution < -0.4 is 0 Å². The topological polar surface area (TPSA) is 50.3 Å². The molecule has 1 aliphatic heterocycles. The van der Waals surface area contributed by atoms with Crippen molar-refractivity contribution in [3.8, 4) is 0 Å². The molecule has 0 radical (unpaired) electrons. The number of carbonyl (C=O) groups is 2. The first-order chi connectivity index (χ1) is 7.68. The molecule has 0 aromatic carbocycles. The third kappa shape index (κ3) is 2.10. The maximum absolute atomic E-state index is 12.0. The van der Waals surface area contributed by atoms with Crippen LogP contribution in [0.3, 0.4) is 0 Å². The summed E-state index contributed by atoms with van der Waals surface area (Å²) in [6.45, 7) is 2.93. The summed E-state index contributed by atoms with van der Waals surface area (Å²) in [6.07, 6.45) is 3.68. The van der Waals surface area contributed by atoms with Gasteiger partial charge in [0.05, 0.1) is 0 Å². The summed E-state index contributed by atoms with van der Waals surface area (Å²) in [5.74, 6) is 0.195. The molecule has 1 unspecified atom stereocenters. The van der Waals surface area contributed by atoms with Crippen molar-refractivity contribution < 1.29 is 9.59 Å². The smallest absolute Gasteiger partial charge is 0.253 e. The van der Waals surface area contributed by atoms with Crippen LogP contribution in [0.15, 0.2) is 24.5 Å². The van der Waals surface area contributed by atoms with Gasteiger partial charge in [0.25, 0.3) is 5.91 Å². The summed E-state index contributed by atoms with van der Waals surface area (Å²) in [5.41, 5.74) is 0.636. The number of amides is 1. The van der Waals surface area contributed by atoms with E-state index in [0.717, 1.165) is 0 Å². The minimum absolute atomic E-state index is 0.0123. The number of nitrogens with zero attached hydrogens (tertiary/aromatic N) is 2. The standard InChI is InChI=1S/C12H14N2O2/c1-9-8-14(7-4-11(9)15)12(16)10-2-5-13-6-3-10/h2-3,5-6,9H,4,7-8H2,1H3. The van der Waals surface area contributed by atoms with E-state index in [1.54, 1.807) is 29.4 Å². The molecule has 1 saturated heterocycles. The van der Waals surface area contributed by atoms with Gasteiger partial charge in [0, 0.05) is 43.4 Å². The summed E-state index contributed by atoms with van der Waals surface area (Å²) in [7, 11) is 0. The van der Waals surface area contributed by atoms with Gasteiger partial charge in [-0.3, -0.25) is 14.6 Å². The van der Waals surface area contributed by atoms with Crippen molar-refractivity contribution in [1.29, 1.82) is 0 Å². The number of rotatable bonds is 1. The molecule has 4 nitrogen and oxygen atoms in total. The van der Waals surface area contributed by atoms with E-state index in [1.165, 1.54) is 0 Å². The van der Waals surface area contributed by atoms with Gasteiger partial charge in [0.2, 0.25) is 0 Å². The quantitative estimate of drug-likeness (QED) is 0.710. The second-order valence-electron chi connectivity index (χ2n) is 4.10. The van der Waals surface area contributed by atoms with E-state index < -0.39 is 0 Å². The number of Topliss-reactive ketones (excluding diaryl/α,β-unsaturated/α-hetero) is 1. The minimum Gasteiger partial charge on any atom is -0.337 e. The number of likely N-dealkylation sites (tertiary alicyclic amines) is 1. The molecule has 84 valence electrons. The SMILES string of the molecule is CC1CN(C(=O)c2ccncc2)CCC1=O. The molecule has 1 amide bonds. The summed E-state index contributed by atoms with van der Waals surface area (Å²) >= 11 is 0. The Morgan fingerprint density at radius 3 is 2.75 bits per heavy atom. The molecule has 1 aliphatic rings. The minimum atomic E-state index is -0.0421. The largest absolute Gasteiger partial charge is 0.337 e. The van der Waals surface area contributed by atoms with E-state index >= 15 is 0 Å². The number of hydrogen-bond donors (Lipinski definition) is 0. The Morgan fingerprint density at radius 1 is 1.44 bits per heavy atom. The zero-order valence-corrected chi connectivity index (χ0v) is 9.22. The van der Waals surface area contributed by atoms with Crippen LogP contribution >= 0.6 is 0 Å². The summed E-state index contributed by atoms with van der Waals surface area (Å²) in [5, 5.41) is 0. The lowest BCUT2D eigenvalue weighted by Crippen LogP contribution is -2.43. The molecule has 0 bridgehead atoms. The molecule has 16 heavy (non-hydrogen) atoms. The van der Waals surface area contributed by atoms with Crippen LogP contribution in [0.25, 0.3) is 0 Å². The molecular weight excluding hydrogens is 204 g/mol. The van der Waals surface area contributed by atoms with Gasteiger partial charge in [-0.2, -0.15) is 0 Å². The highest BCUT2D eigenvalue weighted by atomic mass is 16.2. The van der Waals surface area contributed by atoms with Crippen molar-refractivity contribution in [2.24, 2.45) is 5.92 Å². The third-order valence-corrected chi connectivity index (χ3v) is 2.89. The lowest BCUT2D eigenvalue weighted by molar-refractivity contribution is -0.124. The monoisotopic (exact) mass is 218 g/mol. The number of hydrogen-bond acceptors (Lipinski definition) is 3. The van der Waals surface area contributed by atoms with E-state index in [9.17, 15) is 9.59 Å². The Morgan fingerprint density at radius 2 is 2.12 bits per heavy atom. The van der Waals surface area contributed by atoms with Gasteiger partial charge in [-0.25, -0.2) is 0 Å². The van der Waals surface area contributed by atoms with Crippen LogP contribution in [-0.4, -0.2) is 34.7 Å². The molecular formula is C12H14N2O2. The number of carbonyl (C=O) groups excluding carboxylic acids is 2. The number of pyridine rings is 1. The van der Waals surface area contributed by atoms with Crippen molar-refractivity contribution in [1.82, 2.24) is 9.88 Å². The highest BCUT2D eigenvalue weighted by molar-refractivity contribution is 5.95. The molecule has 4 heteroatoms. The zero-order chi connectivity index (χ0) is 11.5. The Labute approximate surface area is 94.3 Å². The van der Waals surface area contributed by atoms with Gasteiger partial charge in [-0.15, -0.1) is 0 Å². The van der Waals surface area contributed by atoms with Crippen LogP contribution in [-0.2, 0) is 4.79 Å². The van der Waals surface area contributed by atoms with Crippen LogP contribution in [0.1, 0.15) is 23.7 Å². The third-order valence-electron chi connectivity index (χ3n) is 2.89. The molecule has 1 fully saturated rings. The Balaban J connectivity index is 2.09. The maximum atomic E-state index is 12.0. The summed E-state index contributed by atoms with van der Waals surface area (Å²) < 4.78 is 0. The number of ketones is 1. The second kappa shape index (κ2) is 4.43. The average molecular weight is 218 g/mol. The van der Waals surface area contributed by atoms with Crippen LogP contribution in [0.4, 0.5) is 0 Å². The van der Waals surface area contributed by atoms with Gasteiger partial charge >= 0.3 is 0 Å². The van der Waals surface area contributed by atoms with Crippen molar-refractivity contribution in [2.75, 3.05) is 13.1 Å². The first kappa shape index (κ1) is 10.8. The summed E-state index contributed by atoms with van der Waals surface area (Å²) in [4.78, 5) is 29.0. The molecule has 0 spiro atoms. The van der Waals surface area contributed by atoms with Crippen LogP contribution in [0.2, 0.25) is 0 Å². The molecule has 0 N–H and O–H groups in total. The fraction of sp³-hybridized carbons (Fsp3) is 0.417. The molecule has 1 atom stereocenters. The maximum Gasteiger partial charge on any atom is 0.253 e. The average Bonchev–Trinajstić information content (AvgIpc) is 2.33. The van der Waals surface area contributed by atoms with E-state index in [-0.39, 0.29) is 17.6 Å². The van der Waals surface area contributed by atoms with Gasteiger partial charge in [-0.05, 0) is 12.1 Å². The lowest BCUT2D eigenvalue weighted by Gasteiger charge is -2.30. The van der Waals surface area contributed by atoms with Crippen LogP contribution in [0.5, 0.6) is 0 Å². The molecule has 0 aliphatic carbocycles. The van der Waals surface area contributed by atoms with Gasteiger partial charge in [-0.1, -0.05) is 6.92 Å². The van der Waals surface area contributed by atoms with Gasteiger partial charge < -0.3 is 4.90 Å². The Bertz CT molecular complexity index is 403. The first-order valence-corrected chi connectivity index (χ1v) is 5.40. The number of aromatic nitrogens is 1. The fourth-order valence-electron chi connectivity index (χ4n) is 1.88. The second-order valence-corrected chi connectivity index (χ2v) is 4.10. The highest BCUT2D eigenvalue weighted by Crippen LogP contribution is 2.14. The van der Waals surface area contributed by atoms with Gasteiger partial charge in [0.15, 0.2) is 0 Å². The molecule has 2 heterocycles. The van der Waals surface area contributed by atoms with E-state index in [0.29, 0.717) is 25.1 Å². The van der Waals surface area contributed by atoms with Crippen molar-refractivity contribution in [3.63, 3.8) is 0 Å². The summed E-state index contributed by atoms with van der Waals surface area (Å²) in [6, 6.07) is 3.40. The predicted molar refractivity (Wildman–Crippen MR) is 58.9 cm³/mol. The van der Waals surface area contributed by atoms with Gasteiger partial charge in [0.1, 0.15) is 5.78 Å². The fourth-order valence-corrected chi connectivity index (χ4v) is 1.88. The normalized spacial score (nSPS) is 20.9. The van der Waals surface area contributed by atoms with Crippen molar-refractivity contribution >= 4 is 11.7 Å². The van der Waals surface area contributed by atoms with Crippen LogP contribution in [0, 0.1) is 5.92 Å². The highest BCUT2D eigenvalue weighted by Gasteiger charge is 2.26. The lowest BCUT2D eigenvalue weighted by atomic mass is 9.98. The zero-order valence-electron chi connectivity index (χ0n) is 9.22. The first-order valence-electron chi connectivity index (χ1n) is 5.40. The van der Waals surface area contributed by atoms with E-state index in [1.807, 2.05) is 6.92 Å². The molecule has 2 rings (SSSR count). The van der Waals surface area contributed by atoms with E-state index in [2.05, 4.69) is 4.98 Å². The predicted octanol–water partition coefficient (Wildman–Crippen LogP) is 1.13. The van der Waals surface area contributed by atoms with Crippen molar-refractivity contribution in [2.45, 2.75) is 13.3 Å². The van der Waals surface area contributed by atoms with E-state index in [4.69, 9.17) is 0 Å². The Hall–Kier alpha value is -1.71. The molecule has 1 aromatic heterocycles.